The first-order chi connectivity index (χ1) is 17.1. The topological polar surface area (TPSA) is 102 Å². The standard InChI is InChI=1S/C26H26ClN5O3S/c1-5-36(34,35)30-22-11-18(20-14-31(4)26(33)24-19(20)8-9-28-24)12-23-25(22)29-16(3)32(23)13-17-6-7-21(27)15(2)10-17/h6-12,14,28,30H,5,13H2,1-4H3. The van der Waals surface area contributed by atoms with Crippen molar-refractivity contribution in [2.45, 2.75) is 27.3 Å². The Bertz CT molecular complexity index is 1820. The van der Waals surface area contributed by atoms with Gasteiger partial charge in [-0.25, -0.2) is 13.4 Å². The predicted molar refractivity (Wildman–Crippen MR) is 145 cm³/mol. The van der Waals surface area contributed by atoms with Crippen molar-refractivity contribution in [3.05, 3.63) is 81.1 Å². The lowest BCUT2D eigenvalue weighted by Gasteiger charge is -2.13. The zero-order valence-corrected chi connectivity index (χ0v) is 22.0. The highest BCUT2D eigenvalue weighted by atomic mass is 35.5. The summed E-state index contributed by atoms with van der Waals surface area (Å²) in [5.74, 6) is 0.684. The fourth-order valence-corrected chi connectivity index (χ4v) is 5.25. The second-order valence-electron chi connectivity index (χ2n) is 8.95. The maximum Gasteiger partial charge on any atom is 0.274 e. The van der Waals surface area contributed by atoms with Gasteiger partial charge in [0.1, 0.15) is 16.9 Å². The van der Waals surface area contributed by atoms with Gasteiger partial charge in [-0.1, -0.05) is 23.7 Å². The van der Waals surface area contributed by atoms with Crippen LogP contribution in [0.3, 0.4) is 0 Å². The molecule has 0 fully saturated rings. The Balaban J connectivity index is 1.78. The van der Waals surface area contributed by atoms with E-state index in [0.29, 0.717) is 28.3 Å². The Hall–Kier alpha value is -3.56. The van der Waals surface area contributed by atoms with Crippen LogP contribution < -0.4 is 10.3 Å². The summed E-state index contributed by atoms with van der Waals surface area (Å²) in [6, 6.07) is 11.5. The van der Waals surface area contributed by atoms with Crippen molar-refractivity contribution in [2.24, 2.45) is 7.05 Å². The van der Waals surface area contributed by atoms with Gasteiger partial charge in [0.2, 0.25) is 10.0 Å². The Kier molecular flexibility index (Phi) is 5.92. The third-order valence-electron chi connectivity index (χ3n) is 6.46. The number of rotatable bonds is 6. The van der Waals surface area contributed by atoms with Crippen LogP contribution in [0.2, 0.25) is 5.02 Å². The highest BCUT2D eigenvalue weighted by Crippen LogP contribution is 2.35. The quantitative estimate of drug-likeness (QED) is 0.328. The Morgan fingerprint density at radius 3 is 2.64 bits per heavy atom. The molecular formula is C26H26ClN5O3S. The number of pyridine rings is 1. The summed E-state index contributed by atoms with van der Waals surface area (Å²) < 4.78 is 31.4. The lowest BCUT2D eigenvalue weighted by atomic mass is 10.0. The Morgan fingerprint density at radius 1 is 1.14 bits per heavy atom. The van der Waals surface area contributed by atoms with E-state index in [1.807, 2.05) is 44.2 Å². The first-order valence-electron chi connectivity index (χ1n) is 11.5. The van der Waals surface area contributed by atoms with Crippen LogP contribution in [0.4, 0.5) is 5.69 Å². The second-order valence-corrected chi connectivity index (χ2v) is 11.4. The maximum absolute atomic E-state index is 12.6. The van der Waals surface area contributed by atoms with Crippen LogP contribution in [0.15, 0.2) is 53.6 Å². The van der Waals surface area contributed by atoms with Gasteiger partial charge >= 0.3 is 0 Å². The molecule has 2 aromatic carbocycles. The van der Waals surface area contributed by atoms with E-state index in [4.69, 9.17) is 16.6 Å². The van der Waals surface area contributed by atoms with E-state index in [-0.39, 0.29) is 11.3 Å². The van der Waals surface area contributed by atoms with Gasteiger partial charge in [0.05, 0.1) is 17.0 Å². The largest absolute Gasteiger partial charge is 0.357 e. The second kappa shape index (κ2) is 8.83. The van der Waals surface area contributed by atoms with E-state index < -0.39 is 10.0 Å². The molecule has 0 spiro atoms. The van der Waals surface area contributed by atoms with Crippen molar-refractivity contribution in [2.75, 3.05) is 10.5 Å². The number of sulfonamides is 1. The first-order valence-corrected chi connectivity index (χ1v) is 13.5. The van der Waals surface area contributed by atoms with Crippen molar-refractivity contribution in [1.82, 2.24) is 19.1 Å². The number of imidazole rings is 1. The molecule has 0 bridgehead atoms. The minimum absolute atomic E-state index is 0.0651. The van der Waals surface area contributed by atoms with Crippen molar-refractivity contribution < 1.29 is 8.42 Å². The minimum atomic E-state index is -3.56. The molecule has 5 rings (SSSR count). The van der Waals surface area contributed by atoms with Crippen LogP contribution in [0.5, 0.6) is 0 Å². The third kappa shape index (κ3) is 4.18. The van der Waals surface area contributed by atoms with E-state index >= 15 is 0 Å². The fraction of sp³-hybridized carbons (Fsp3) is 0.231. The molecular weight excluding hydrogens is 498 g/mol. The van der Waals surface area contributed by atoms with Crippen LogP contribution in [-0.2, 0) is 23.6 Å². The molecule has 186 valence electrons. The van der Waals surface area contributed by atoms with Gasteiger partial charge in [-0.3, -0.25) is 9.52 Å². The Morgan fingerprint density at radius 2 is 1.92 bits per heavy atom. The molecule has 0 atom stereocenters. The molecule has 3 aromatic heterocycles. The van der Waals surface area contributed by atoms with Crippen molar-refractivity contribution >= 4 is 49.2 Å². The van der Waals surface area contributed by atoms with Gasteiger partial charge in [-0.15, -0.1) is 0 Å². The molecule has 0 amide bonds. The molecule has 0 aliphatic heterocycles. The summed E-state index contributed by atoms with van der Waals surface area (Å²) in [5, 5.41) is 1.47. The van der Waals surface area contributed by atoms with E-state index in [1.165, 1.54) is 4.57 Å². The SMILES string of the molecule is CCS(=O)(=O)Nc1cc(-c2cn(C)c(=O)c3[nH]ccc23)cc2c1nc(C)n2Cc1ccc(Cl)c(C)c1. The number of hydrogen-bond donors (Lipinski definition) is 2. The van der Waals surface area contributed by atoms with Crippen LogP contribution in [0.1, 0.15) is 23.9 Å². The summed E-state index contributed by atoms with van der Waals surface area (Å²) in [4.78, 5) is 20.4. The lowest BCUT2D eigenvalue weighted by molar-refractivity contribution is 0.602. The number of nitrogens with one attached hydrogen (secondary N) is 2. The smallest absolute Gasteiger partial charge is 0.274 e. The number of aryl methyl sites for hydroxylation is 3. The monoisotopic (exact) mass is 523 g/mol. The summed E-state index contributed by atoms with van der Waals surface area (Å²) in [6.07, 6.45) is 3.50. The molecule has 3 heterocycles. The molecule has 0 aliphatic carbocycles. The molecule has 0 saturated heterocycles. The van der Waals surface area contributed by atoms with Crippen molar-refractivity contribution in [1.29, 1.82) is 0 Å². The van der Waals surface area contributed by atoms with Gasteiger partial charge in [0.25, 0.3) is 5.56 Å². The highest BCUT2D eigenvalue weighted by molar-refractivity contribution is 7.92. The van der Waals surface area contributed by atoms with Crippen LogP contribution >= 0.6 is 11.6 Å². The average molecular weight is 524 g/mol. The average Bonchev–Trinajstić information content (AvgIpc) is 3.44. The molecule has 0 aliphatic rings. The first kappa shape index (κ1) is 24.1. The number of benzene rings is 2. The van der Waals surface area contributed by atoms with Crippen LogP contribution in [0, 0.1) is 13.8 Å². The zero-order valence-electron chi connectivity index (χ0n) is 20.4. The lowest BCUT2D eigenvalue weighted by Crippen LogP contribution is -2.17. The molecule has 5 aromatic rings. The number of nitrogens with zero attached hydrogens (tertiary/aromatic N) is 3. The molecule has 10 heteroatoms. The normalized spacial score (nSPS) is 12.0. The molecule has 2 N–H and O–H groups in total. The van der Waals surface area contributed by atoms with Crippen LogP contribution in [-0.4, -0.2) is 33.3 Å². The number of anilines is 1. The van der Waals surface area contributed by atoms with Gasteiger partial charge < -0.3 is 14.1 Å². The third-order valence-corrected chi connectivity index (χ3v) is 8.17. The predicted octanol–water partition coefficient (Wildman–Crippen LogP) is 4.96. The molecule has 0 saturated carbocycles. The van der Waals surface area contributed by atoms with E-state index in [9.17, 15) is 13.2 Å². The van der Waals surface area contributed by atoms with E-state index in [0.717, 1.165) is 39.0 Å². The minimum Gasteiger partial charge on any atom is -0.357 e. The number of aromatic nitrogens is 4. The number of hydrogen-bond acceptors (Lipinski definition) is 4. The van der Waals surface area contributed by atoms with Gasteiger partial charge in [-0.05, 0) is 61.7 Å². The summed E-state index contributed by atoms with van der Waals surface area (Å²) in [5.41, 5.74) is 5.71. The number of halogens is 1. The molecule has 8 nitrogen and oxygen atoms in total. The molecule has 36 heavy (non-hydrogen) atoms. The summed E-state index contributed by atoms with van der Waals surface area (Å²) >= 11 is 6.22. The summed E-state index contributed by atoms with van der Waals surface area (Å²) in [7, 11) is -1.86. The Labute approximate surface area is 213 Å². The van der Waals surface area contributed by atoms with Crippen LogP contribution in [0.25, 0.3) is 33.1 Å². The number of H-pyrrole nitrogens is 1. The fourth-order valence-electron chi connectivity index (χ4n) is 4.50. The van der Waals surface area contributed by atoms with Crippen molar-refractivity contribution in [3.63, 3.8) is 0 Å². The van der Waals surface area contributed by atoms with E-state index in [2.05, 4.69) is 14.3 Å². The van der Waals surface area contributed by atoms with Gasteiger partial charge in [0.15, 0.2) is 0 Å². The summed E-state index contributed by atoms with van der Waals surface area (Å²) in [6.45, 7) is 5.99. The van der Waals surface area contributed by atoms with E-state index in [1.54, 1.807) is 32.4 Å². The highest BCUT2D eigenvalue weighted by Gasteiger charge is 2.19. The van der Waals surface area contributed by atoms with Crippen molar-refractivity contribution in [3.8, 4) is 11.1 Å². The van der Waals surface area contributed by atoms with Gasteiger partial charge in [-0.2, -0.15) is 0 Å². The number of fused-ring (bicyclic) bond motifs is 2. The van der Waals surface area contributed by atoms with Gasteiger partial charge in [0, 0.05) is 42.0 Å². The molecule has 0 unspecified atom stereocenters. The molecule has 0 radical (unpaired) electrons. The zero-order chi connectivity index (χ0) is 25.8. The maximum atomic E-state index is 12.6. The number of aromatic amines is 1.